The van der Waals surface area contributed by atoms with Gasteiger partial charge in [0, 0.05) is 43.6 Å². The largest absolute Gasteiger partial charge is 0.354 e. The minimum Gasteiger partial charge on any atom is -0.354 e. The number of rotatable bonds is 3. The molecule has 4 aromatic rings. The fraction of sp³-hybridized carbons (Fsp3) is 0.381. The quantitative estimate of drug-likeness (QED) is 0.562. The molecule has 4 aromatic heterocycles. The van der Waals surface area contributed by atoms with Gasteiger partial charge >= 0.3 is 0 Å². The van der Waals surface area contributed by atoms with Crippen LogP contribution >= 0.6 is 0 Å². The highest BCUT2D eigenvalue weighted by Crippen LogP contribution is 2.25. The van der Waals surface area contributed by atoms with Crippen molar-refractivity contribution in [1.82, 2.24) is 34.7 Å². The smallest absolute Gasteiger partial charge is 0.159 e. The maximum Gasteiger partial charge on any atom is 0.159 e. The summed E-state index contributed by atoms with van der Waals surface area (Å²) in [5.41, 5.74) is 5.11. The van der Waals surface area contributed by atoms with Crippen LogP contribution in [0, 0.1) is 27.7 Å². The van der Waals surface area contributed by atoms with E-state index in [9.17, 15) is 0 Å². The van der Waals surface area contributed by atoms with Gasteiger partial charge in [-0.1, -0.05) is 0 Å². The minimum atomic E-state index is 0.747. The molecule has 0 radical (unpaired) electrons. The number of H-pyrrole nitrogens is 1. The maximum absolute atomic E-state index is 4.69. The number of piperazine rings is 1. The van der Waals surface area contributed by atoms with E-state index in [0.29, 0.717) is 0 Å². The number of aromatic nitrogens is 7. The molecule has 0 unspecified atom stereocenters. The second-order valence-corrected chi connectivity index (χ2v) is 7.85. The first-order valence-electron chi connectivity index (χ1n) is 10.2. The van der Waals surface area contributed by atoms with E-state index in [1.54, 1.807) is 6.33 Å². The zero-order valence-corrected chi connectivity index (χ0v) is 17.7. The summed E-state index contributed by atoms with van der Waals surface area (Å²) in [6, 6.07) is 6.14. The van der Waals surface area contributed by atoms with Gasteiger partial charge in [-0.2, -0.15) is 5.10 Å². The third-order valence-electron chi connectivity index (χ3n) is 5.47. The molecular formula is C21H25N9. The lowest BCUT2D eigenvalue weighted by Crippen LogP contribution is -2.47. The fourth-order valence-corrected chi connectivity index (χ4v) is 4.11. The van der Waals surface area contributed by atoms with Gasteiger partial charge in [0.05, 0.1) is 11.2 Å². The van der Waals surface area contributed by atoms with Crippen LogP contribution in [0.25, 0.3) is 16.9 Å². The van der Waals surface area contributed by atoms with Gasteiger partial charge in [0.1, 0.15) is 23.5 Å². The standard InChI is InChI=1S/C21H25N9/c1-13-10-17-20(24-13)21(23-12-22-17)29-7-5-28(6-8-29)18-11-19(26-16(4)25-18)30-15(3)9-14(2)27-30/h9-12,24H,5-8H2,1-4H3. The van der Waals surface area contributed by atoms with Gasteiger partial charge in [0.15, 0.2) is 11.6 Å². The van der Waals surface area contributed by atoms with E-state index >= 15 is 0 Å². The zero-order chi connectivity index (χ0) is 20.8. The molecule has 0 amide bonds. The normalized spacial score (nSPS) is 14.7. The first kappa shape index (κ1) is 18.5. The number of hydrogen-bond donors (Lipinski definition) is 1. The van der Waals surface area contributed by atoms with E-state index in [2.05, 4.69) is 47.0 Å². The summed E-state index contributed by atoms with van der Waals surface area (Å²) in [5, 5.41) is 4.57. The Bertz CT molecular complexity index is 1210. The molecule has 9 nitrogen and oxygen atoms in total. The van der Waals surface area contributed by atoms with E-state index in [4.69, 9.17) is 4.98 Å². The molecular weight excluding hydrogens is 378 g/mol. The Hall–Kier alpha value is -3.49. The van der Waals surface area contributed by atoms with Crippen LogP contribution in [0.1, 0.15) is 22.9 Å². The molecule has 0 aromatic carbocycles. The molecule has 1 N–H and O–H groups in total. The molecule has 1 saturated heterocycles. The topological polar surface area (TPSA) is 91.7 Å². The molecule has 5 heterocycles. The van der Waals surface area contributed by atoms with Crippen molar-refractivity contribution in [3.05, 3.63) is 47.4 Å². The van der Waals surface area contributed by atoms with Crippen LogP contribution in [-0.2, 0) is 0 Å². The second-order valence-electron chi connectivity index (χ2n) is 7.85. The Morgan fingerprint density at radius 2 is 1.57 bits per heavy atom. The van der Waals surface area contributed by atoms with Crippen LogP contribution in [0.15, 0.2) is 24.5 Å². The number of fused-ring (bicyclic) bond motifs is 1. The molecule has 0 spiro atoms. The Balaban J connectivity index is 1.38. The maximum atomic E-state index is 4.69. The lowest BCUT2D eigenvalue weighted by atomic mass is 10.3. The van der Waals surface area contributed by atoms with Crippen molar-refractivity contribution in [3.63, 3.8) is 0 Å². The lowest BCUT2D eigenvalue weighted by Gasteiger charge is -2.36. The fourth-order valence-electron chi connectivity index (χ4n) is 4.11. The molecule has 30 heavy (non-hydrogen) atoms. The van der Waals surface area contributed by atoms with E-state index < -0.39 is 0 Å². The summed E-state index contributed by atoms with van der Waals surface area (Å²) >= 11 is 0. The van der Waals surface area contributed by atoms with Crippen molar-refractivity contribution in [2.24, 2.45) is 0 Å². The van der Waals surface area contributed by atoms with Crippen molar-refractivity contribution in [3.8, 4) is 5.82 Å². The first-order valence-corrected chi connectivity index (χ1v) is 10.2. The predicted octanol–water partition coefficient (Wildman–Crippen LogP) is 2.49. The van der Waals surface area contributed by atoms with Crippen molar-refractivity contribution in [2.75, 3.05) is 36.0 Å². The van der Waals surface area contributed by atoms with E-state index in [-0.39, 0.29) is 0 Å². The van der Waals surface area contributed by atoms with Gasteiger partial charge in [-0.25, -0.2) is 24.6 Å². The van der Waals surface area contributed by atoms with Crippen molar-refractivity contribution in [1.29, 1.82) is 0 Å². The SMILES string of the molecule is Cc1cc(C)n(-c2cc(N3CCN(c4ncnc5cc(C)[nH]c45)CC3)nc(C)n2)n1. The van der Waals surface area contributed by atoms with Gasteiger partial charge < -0.3 is 14.8 Å². The number of anilines is 2. The molecule has 0 aliphatic carbocycles. The molecule has 1 aliphatic rings. The second kappa shape index (κ2) is 7.08. The molecule has 0 bridgehead atoms. The third-order valence-corrected chi connectivity index (χ3v) is 5.47. The lowest BCUT2D eigenvalue weighted by molar-refractivity contribution is 0.639. The highest BCUT2D eigenvalue weighted by Gasteiger charge is 2.22. The van der Waals surface area contributed by atoms with Crippen LogP contribution in [-0.4, -0.2) is 60.9 Å². The van der Waals surface area contributed by atoms with E-state index in [1.165, 1.54) is 0 Å². The van der Waals surface area contributed by atoms with E-state index in [1.807, 2.05) is 38.4 Å². The van der Waals surface area contributed by atoms with Crippen molar-refractivity contribution >= 4 is 22.7 Å². The molecule has 5 rings (SSSR count). The van der Waals surface area contributed by atoms with Gasteiger partial charge in [0.25, 0.3) is 0 Å². The zero-order valence-electron chi connectivity index (χ0n) is 17.7. The van der Waals surface area contributed by atoms with Crippen molar-refractivity contribution in [2.45, 2.75) is 27.7 Å². The van der Waals surface area contributed by atoms with Gasteiger partial charge in [-0.15, -0.1) is 0 Å². The number of hydrogen-bond acceptors (Lipinski definition) is 7. The highest BCUT2D eigenvalue weighted by molar-refractivity contribution is 5.86. The molecule has 9 heteroatoms. The summed E-state index contributed by atoms with van der Waals surface area (Å²) in [7, 11) is 0. The van der Waals surface area contributed by atoms with Gasteiger partial charge in [0.2, 0.25) is 0 Å². The number of nitrogens with zero attached hydrogens (tertiary/aromatic N) is 8. The average Bonchev–Trinajstić information content (AvgIpc) is 3.27. The summed E-state index contributed by atoms with van der Waals surface area (Å²) in [4.78, 5) is 26.2. The molecule has 154 valence electrons. The Morgan fingerprint density at radius 3 is 2.30 bits per heavy atom. The van der Waals surface area contributed by atoms with Gasteiger partial charge in [-0.05, 0) is 39.8 Å². The predicted molar refractivity (Wildman–Crippen MR) is 116 cm³/mol. The molecule has 0 atom stereocenters. The molecule has 1 aliphatic heterocycles. The van der Waals surface area contributed by atoms with Crippen LogP contribution in [0.5, 0.6) is 0 Å². The molecule has 0 saturated carbocycles. The van der Waals surface area contributed by atoms with Gasteiger partial charge in [-0.3, -0.25) is 0 Å². The highest BCUT2D eigenvalue weighted by atomic mass is 15.3. The third kappa shape index (κ3) is 3.26. The minimum absolute atomic E-state index is 0.747. The van der Waals surface area contributed by atoms with Crippen LogP contribution in [0.2, 0.25) is 0 Å². The monoisotopic (exact) mass is 403 g/mol. The Labute approximate surface area is 174 Å². The van der Waals surface area contributed by atoms with Crippen LogP contribution in [0.4, 0.5) is 11.6 Å². The van der Waals surface area contributed by atoms with Crippen LogP contribution in [0.3, 0.4) is 0 Å². The average molecular weight is 403 g/mol. The summed E-state index contributed by atoms with van der Waals surface area (Å²) in [6.07, 6.45) is 1.64. The number of aromatic amines is 1. The Kier molecular flexibility index (Phi) is 4.38. The first-order chi connectivity index (χ1) is 14.5. The summed E-state index contributed by atoms with van der Waals surface area (Å²) in [5.74, 6) is 3.46. The van der Waals surface area contributed by atoms with E-state index in [0.717, 1.165) is 77.6 Å². The summed E-state index contributed by atoms with van der Waals surface area (Å²) in [6.45, 7) is 11.5. The number of aryl methyl sites for hydroxylation is 4. The Morgan fingerprint density at radius 1 is 0.833 bits per heavy atom. The molecule has 1 fully saturated rings. The number of nitrogens with one attached hydrogen (secondary N) is 1. The van der Waals surface area contributed by atoms with Crippen LogP contribution < -0.4 is 9.80 Å². The summed E-state index contributed by atoms with van der Waals surface area (Å²) < 4.78 is 1.88. The van der Waals surface area contributed by atoms with Crippen molar-refractivity contribution < 1.29 is 0 Å².